The molecule has 1 heterocycles. The molecule has 172 valence electrons. The molecular weight excluding hydrogens is 394 g/mol. The van der Waals surface area contributed by atoms with E-state index < -0.39 is 0 Å². The number of hydrogen-bond donors (Lipinski definition) is 6. The number of aliphatic hydroxyl groups is 1. The SMILES string of the molecule is CNCc1ccccc1.Cc1ccc(/C(N)=C/N(C)N)cc1.O=CO.OC1CCNC1. The molecule has 0 aliphatic carbocycles. The number of β-amino-alcohol motifs (C(OH)–C–C–N with tert-alkyl or cyclic N) is 1. The highest BCUT2D eigenvalue weighted by molar-refractivity contribution is 5.62. The number of rotatable bonds is 4. The van der Waals surface area contributed by atoms with Gasteiger partial charge in [0.2, 0.25) is 0 Å². The van der Waals surface area contributed by atoms with Crippen molar-refractivity contribution in [3.8, 4) is 0 Å². The standard InChI is InChI=1S/C10H15N3.C8H11N.C4H9NO.CH2O2/c1-8-3-5-9(6-4-8)10(11)7-13(2)12;1-9-7-8-5-3-2-4-6-8;6-4-1-2-5-3-4;2-1-3/h3-7H,11-12H2,1-2H3;2-6,9H,7H2,1H3;4-6H,1-3H2;1H,(H,2,3)/b10-7-;;;. The predicted molar refractivity (Wildman–Crippen MR) is 127 cm³/mol. The van der Waals surface area contributed by atoms with Gasteiger partial charge in [-0.2, -0.15) is 0 Å². The monoisotopic (exact) mass is 431 g/mol. The summed E-state index contributed by atoms with van der Waals surface area (Å²) < 4.78 is 0. The van der Waals surface area contributed by atoms with Crippen molar-refractivity contribution in [2.24, 2.45) is 11.6 Å². The molecule has 1 saturated heterocycles. The van der Waals surface area contributed by atoms with Crippen LogP contribution in [0.3, 0.4) is 0 Å². The highest BCUT2D eigenvalue weighted by Crippen LogP contribution is 2.09. The Kier molecular flexibility index (Phi) is 16.2. The number of aryl methyl sites for hydroxylation is 1. The molecule has 1 aliphatic heterocycles. The van der Waals surface area contributed by atoms with Crippen molar-refractivity contribution < 1.29 is 15.0 Å². The van der Waals surface area contributed by atoms with Crippen molar-refractivity contribution in [1.29, 1.82) is 0 Å². The minimum atomic E-state index is -0.250. The largest absolute Gasteiger partial charge is 0.483 e. The van der Waals surface area contributed by atoms with Crippen molar-refractivity contribution in [2.45, 2.75) is 26.0 Å². The fraction of sp³-hybridized carbons (Fsp3) is 0.348. The summed E-state index contributed by atoms with van der Waals surface area (Å²) in [5.41, 5.74) is 10.00. The van der Waals surface area contributed by atoms with Crippen molar-refractivity contribution in [3.05, 3.63) is 77.5 Å². The summed E-state index contributed by atoms with van der Waals surface area (Å²) in [4.78, 5) is 8.36. The molecule has 1 aliphatic rings. The molecule has 0 saturated carbocycles. The Morgan fingerprint density at radius 1 is 1.23 bits per heavy atom. The van der Waals surface area contributed by atoms with Gasteiger partial charge >= 0.3 is 0 Å². The number of benzene rings is 2. The minimum absolute atomic E-state index is 0.0648. The summed E-state index contributed by atoms with van der Waals surface area (Å²) in [6.07, 6.45) is 2.55. The Labute approximate surface area is 185 Å². The first kappa shape index (κ1) is 28.1. The molecule has 0 radical (unpaired) electrons. The normalized spacial score (nSPS) is 14.6. The molecule has 1 fully saturated rings. The average Bonchev–Trinajstić information content (AvgIpc) is 3.22. The first-order valence-electron chi connectivity index (χ1n) is 10.0. The third-order valence-electron chi connectivity index (χ3n) is 3.99. The molecule has 2 aromatic carbocycles. The van der Waals surface area contributed by atoms with Crippen LogP contribution in [-0.4, -0.2) is 55.0 Å². The van der Waals surface area contributed by atoms with E-state index in [1.54, 1.807) is 13.2 Å². The van der Waals surface area contributed by atoms with Gasteiger partial charge in [0, 0.05) is 26.3 Å². The van der Waals surface area contributed by atoms with Gasteiger partial charge in [0.15, 0.2) is 0 Å². The van der Waals surface area contributed by atoms with Crippen molar-refractivity contribution in [1.82, 2.24) is 15.6 Å². The number of hydrazine groups is 1. The van der Waals surface area contributed by atoms with Crippen LogP contribution in [0.25, 0.3) is 5.70 Å². The minimum Gasteiger partial charge on any atom is -0.483 e. The zero-order valence-electron chi connectivity index (χ0n) is 18.7. The Balaban J connectivity index is 0.000000433. The van der Waals surface area contributed by atoms with E-state index in [9.17, 15) is 0 Å². The van der Waals surface area contributed by atoms with Gasteiger partial charge in [0.25, 0.3) is 6.47 Å². The summed E-state index contributed by atoms with van der Waals surface area (Å²) in [6.45, 7) is 4.53. The van der Waals surface area contributed by atoms with Crippen LogP contribution in [0, 0.1) is 6.92 Å². The Hall–Kier alpha value is -2.91. The van der Waals surface area contributed by atoms with E-state index in [0.29, 0.717) is 5.70 Å². The van der Waals surface area contributed by atoms with E-state index in [1.807, 2.05) is 56.4 Å². The Morgan fingerprint density at radius 3 is 2.19 bits per heavy atom. The van der Waals surface area contributed by atoms with Gasteiger partial charge in [0.05, 0.1) is 11.8 Å². The maximum absolute atomic E-state index is 8.67. The fourth-order valence-electron chi connectivity index (χ4n) is 2.48. The molecule has 0 aromatic heterocycles. The van der Waals surface area contributed by atoms with Gasteiger partial charge < -0.3 is 31.6 Å². The van der Waals surface area contributed by atoms with Gasteiger partial charge in [-0.25, -0.2) is 5.84 Å². The summed E-state index contributed by atoms with van der Waals surface area (Å²) in [5.74, 6) is 5.44. The lowest BCUT2D eigenvalue weighted by Gasteiger charge is -2.07. The molecule has 0 bridgehead atoms. The van der Waals surface area contributed by atoms with E-state index in [2.05, 4.69) is 22.8 Å². The lowest BCUT2D eigenvalue weighted by atomic mass is 10.1. The number of carboxylic acid groups (broad SMARTS) is 1. The van der Waals surface area contributed by atoms with Crippen LogP contribution in [0.1, 0.15) is 23.1 Å². The quantitative estimate of drug-likeness (QED) is 0.243. The van der Waals surface area contributed by atoms with Crippen LogP contribution >= 0.6 is 0 Å². The van der Waals surface area contributed by atoms with Crippen molar-refractivity contribution >= 4 is 12.2 Å². The van der Waals surface area contributed by atoms with Crippen LogP contribution in [0.15, 0.2) is 60.8 Å². The highest BCUT2D eigenvalue weighted by atomic mass is 16.3. The maximum Gasteiger partial charge on any atom is 0.290 e. The molecule has 0 amide bonds. The second-order valence-electron chi connectivity index (χ2n) is 6.88. The van der Waals surface area contributed by atoms with Crippen LogP contribution in [0.5, 0.6) is 0 Å². The maximum atomic E-state index is 8.67. The molecule has 8 nitrogen and oxygen atoms in total. The van der Waals surface area contributed by atoms with Gasteiger partial charge in [-0.15, -0.1) is 0 Å². The van der Waals surface area contributed by atoms with Crippen molar-refractivity contribution in [3.63, 3.8) is 0 Å². The first-order valence-corrected chi connectivity index (χ1v) is 10.0. The zero-order valence-corrected chi connectivity index (χ0v) is 18.7. The number of hydrogen-bond acceptors (Lipinski definition) is 7. The van der Waals surface area contributed by atoms with Gasteiger partial charge in [0.1, 0.15) is 0 Å². The van der Waals surface area contributed by atoms with Crippen LogP contribution in [0.2, 0.25) is 0 Å². The molecule has 8 heteroatoms. The Bertz CT molecular complexity index is 716. The summed E-state index contributed by atoms with van der Waals surface area (Å²) in [6, 6.07) is 18.3. The van der Waals surface area contributed by atoms with E-state index in [-0.39, 0.29) is 12.6 Å². The highest BCUT2D eigenvalue weighted by Gasteiger charge is 2.08. The zero-order chi connectivity index (χ0) is 23.5. The van der Waals surface area contributed by atoms with Crippen LogP contribution < -0.4 is 22.2 Å². The van der Waals surface area contributed by atoms with E-state index >= 15 is 0 Å². The van der Waals surface area contributed by atoms with Gasteiger partial charge in [-0.05, 0) is 38.1 Å². The third-order valence-corrected chi connectivity index (χ3v) is 3.99. The Morgan fingerprint density at radius 2 is 1.81 bits per heavy atom. The molecule has 8 N–H and O–H groups in total. The smallest absolute Gasteiger partial charge is 0.290 e. The lowest BCUT2D eigenvalue weighted by molar-refractivity contribution is -0.122. The molecule has 31 heavy (non-hydrogen) atoms. The second kappa shape index (κ2) is 17.9. The lowest BCUT2D eigenvalue weighted by Crippen LogP contribution is -2.20. The molecule has 0 spiro atoms. The first-order chi connectivity index (χ1) is 14.8. The van der Waals surface area contributed by atoms with Gasteiger partial charge in [-0.3, -0.25) is 4.79 Å². The molecule has 1 atom stereocenters. The topological polar surface area (TPSA) is 137 Å². The van der Waals surface area contributed by atoms with E-state index in [0.717, 1.165) is 31.6 Å². The number of nitrogens with two attached hydrogens (primary N) is 2. The summed E-state index contributed by atoms with van der Waals surface area (Å²) >= 11 is 0. The van der Waals surface area contributed by atoms with Crippen LogP contribution in [0.4, 0.5) is 0 Å². The van der Waals surface area contributed by atoms with Crippen LogP contribution in [-0.2, 0) is 11.3 Å². The number of nitrogens with one attached hydrogen (secondary N) is 2. The average molecular weight is 432 g/mol. The summed E-state index contributed by atoms with van der Waals surface area (Å²) in [5, 5.41) is 23.1. The molecule has 1 unspecified atom stereocenters. The number of aliphatic hydroxyl groups excluding tert-OH is 1. The predicted octanol–water partition coefficient (Wildman–Crippen LogP) is 1.51. The summed E-state index contributed by atoms with van der Waals surface area (Å²) in [7, 11) is 3.69. The molecule has 3 rings (SSSR count). The molecular formula is C23H37N5O3. The van der Waals surface area contributed by atoms with Gasteiger partial charge in [-0.1, -0.05) is 60.2 Å². The number of carbonyl (C=O) groups is 1. The van der Waals surface area contributed by atoms with Crippen molar-refractivity contribution in [2.75, 3.05) is 27.2 Å². The van der Waals surface area contributed by atoms with E-state index in [4.69, 9.17) is 26.6 Å². The second-order valence-corrected chi connectivity index (χ2v) is 6.88. The third kappa shape index (κ3) is 15.6. The van der Waals surface area contributed by atoms with E-state index in [1.165, 1.54) is 16.1 Å². The number of nitrogens with zero attached hydrogens (tertiary/aromatic N) is 1. The fourth-order valence-corrected chi connectivity index (χ4v) is 2.48. The molecule has 2 aromatic rings.